The minimum atomic E-state index is -0.148. The third kappa shape index (κ3) is 2.51. The molecule has 16 heavy (non-hydrogen) atoms. The van der Waals surface area contributed by atoms with Crippen LogP contribution in [0, 0.1) is 5.92 Å². The van der Waals surface area contributed by atoms with Gasteiger partial charge in [0.05, 0.1) is 0 Å². The molecule has 1 N–H and O–H groups in total. The van der Waals surface area contributed by atoms with Gasteiger partial charge in [-0.2, -0.15) is 0 Å². The summed E-state index contributed by atoms with van der Waals surface area (Å²) in [7, 11) is 1.64. The van der Waals surface area contributed by atoms with Crippen molar-refractivity contribution in [1.82, 2.24) is 5.32 Å². The first-order chi connectivity index (χ1) is 7.63. The second-order valence-corrected chi connectivity index (χ2v) is 3.71. The van der Waals surface area contributed by atoms with Gasteiger partial charge in [0, 0.05) is 7.05 Å². The summed E-state index contributed by atoms with van der Waals surface area (Å²) in [6, 6.07) is 0. The highest BCUT2D eigenvalue weighted by Crippen LogP contribution is 2.20. The Morgan fingerprint density at radius 3 is 2.94 bits per heavy atom. The topological polar surface area (TPSA) is 50.7 Å². The number of nitrogens with zero attached hydrogens (tertiary/aromatic N) is 1. The van der Waals surface area contributed by atoms with Gasteiger partial charge in [-0.1, -0.05) is 26.5 Å². The van der Waals surface area contributed by atoms with Gasteiger partial charge in [0.1, 0.15) is 5.70 Å². The van der Waals surface area contributed by atoms with Crippen LogP contribution in [0.1, 0.15) is 20.3 Å². The van der Waals surface area contributed by atoms with E-state index in [0.717, 1.165) is 12.0 Å². The van der Waals surface area contributed by atoms with Gasteiger partial charge in [-0.25, -0.2) is 0 Å². The van der Waals surface area contributed by atoms with Crippen molar-refractivity contribution >= 4 is 11.8 Å². The molecule has 1 heterocycles. The highest BCUT2D eigenvalue weighted by atomic mass is 16.5. The average molecular weight is 222 g/mol. The molecule has 0 bridgehead atoms. The summed E-state index contributed by atoms with van der Waals surface area (Å²) in [6.45, 7) is 7.98. The van der Waals surface area contributed by atoms with Gasteiger partial charge < -0.3 is 10.1 Å². The van der Waals surface area contributed by atoms with Crippen LogP contribution in [0.3, 0.4) is 0 Å². The number of carbonyl (C=O) groups is 1. The standard InChI is InChI=1S/C12H18N2O2/c1-5-8(3)9(6-2)11-12(13-4)16-7-10(15)14-11/h6,8H,2,5,7H2,1,3-4H3,(H,14,15)/b11-9-,13-12?. The van der Waals surface area contributed by atoms with Crippen molar-refractivity contribution in [3.63, 3.8) is 0 Å². The van der Waals surface area contributed by atoms with Gasteiger partial charge in [-0.3, -0.25) is 9.79 Å². The van der Waals surface area contributed by atoms with Gasteiger partial charge >= 0.3 is 0 Å². The molecule has 4 nitrogen and oxygen atoms in total. The maximum Gasteiger partial charge on any atom is 0.262 e. The lowest BCUT2D eigenvalue weighted by Gasteiger charge is -2.23. The van der Waals surface area contributed by atoms with Gasteiger partial charge in [0.2, 0.25) is 5.90 Å². The maximum absolute atomic E-state index is 11.3. The number of ether oxygens (including phenoxy) is 1. The first-order valence-electron chi connectivity index (χ1n) is 5.40. The molecule has 1 unspecified atom stereocenters. The van der Waals surface area contributed by atoms with E-state index in [-0.39, 0.29) is 12.5 Å². The molecule has 4 heteroatoms. The zero-order valence-corrected chi connectivity index (χ0v) is 10.0. The number of aliphatic imine (C=N–C) groups is 1. The average Bonchev–Trinajstić information content (AvgIpc) is 2.30. The number of nitrogens with one attached hydrogen (secondary N) is 1. The highest BCUT2D eigenvalue weighted by Gasteiger charge is 2.23. The quantitative estimate of drug-likeness (QED) is 0.789. The smallest absolute Gasteiger partial charge is 0.262 e. The van der Waals surface area contributed by atoms with E-state index in [2.05, 4.69) is 30.7 Å². The Balaban J connectivity index is 3.15. The fourth-order valence-electron chi connectivity index (χ4n) is 1.58. The van der Waals surface area contributed by atoms with Crippen LogP contribution in [0.2, 0.25) is 0 Å². The summed E-state index contributed by atoms with van der Waals surface area (Å²) in [6.07, 6.45) is 2.72. The Kier molecular flexibility index (Phi) is 4.28. The van der Waals surface area contributed by atoms with Crippen LogP contribution in [-0.2, 0) is 9.53 Å². The van der Waals surface area contributed by atoms with E-state index >= 15 is 0 Å². The molecule has 1 atom stereocenters. The Labute approximate surface area is 96.1 Å². The van der Waals surface area contributed by atoms with E-state index < -0.39 is 0 Å². The van der Waals surface area contributed by atoms with E-state index in [1.165, 1.54) is 0 Å². The molecule has 0 aromatic rings. The molecule has 1 aliphatic heterocycles. The Morgan fingerprint density at radius 2 is 2.44 bits per heavy atom. The molecular weight excluding hydrogens is 204 g/mol. The summed E-state index contributed by atoms with van der Waals surface area (Å²) < 4.78 is 5.26. The first-order valence-corrected chi connectivity index (χ1v) is 5.40. The summed E-state index contributed by atoms with van der Waals surface area (Å²) >= 11 is 0. The lowest BCUT2D eigenvalue weighted by atomic mass is 9.96. The van der Waals surface area contributed by atoms with Gasteiger partial charge in [-0.05, 0) is 17.9 Å². The van der Waals surface area contributed by atoms with Gasteiger partial charge in [0.25, 0.3) is 5.91 Å². The van der Waals surface area contributed by atoms with Crippen LogP contribution in [-0.4, -0.2) is 25.5 Å². The fourth-order valence-corrected chi connectivity index (χ4v) is 1.58. The molecule has 1 fully saturated rings. The molecular formula is C12H18N2O2. The Morgan fingerprint density at radius 1 is 1.75 bits per heavy atom. The van der Waals surface area contributed by atoms with E-state index in [9.17, 15) is 4.79 Å². The van der Waals surface area contributed by atoms with Crippen molar-refractivity contribution < 1.29 is 9.53 Å². The summed E-state index contributed by atoms with van der Waals surface area (Å²) in [5.41, 5.74) is 1.62. The Hall–Kier alpha value is -1.58. The monoisotopic (exact) mass is 222 g/mol. The van der Waals surface area contributed by atoms with E-state index in [4.69, 9.17) is 4.74 Å². The summed E-state index contributed by atoms with van der Waals surface area (Å²) in [5, 5.41) is 2.80. The van der Waals surface area contributed by atoms with E-state index in [0.29, 0.717) is 17.5 Å². The number of rotatable bonds is 3. The second kappa shape index (κ2) is 5.49. The highest BCUT2D eigenvalue weighted by molar-refractivity contribution is 6.02. The SMILES string of the molecule is C=C/C(=C1/NC(=O)COC1=NC)C(C)CC. The normalized spacial score (nSPS) is 23.4. The maximum atomic E-state index is 11.3. The van der Waals surface area contributed by atoms with Crippen molar-refractivity contribution in [1.29, 1.82) is 0 Å². The predicted octanol–water partition coefficient (Wildman–Crippen LogP) is 1.65. The molecule has 0 aromatic heterocycles. The predicted molar refractivity (Wildman–Crippen MR) is 64.1 cm³/mol. The van der Waals surface area contributed by atoms with Crippen molar-refractivity contribution in [2.75, 3.05) is 13.7 Å². The van der Waals surface area contributed by atoms with E-state index in [1.54, 1.807) is 13.1 Å². The number of amides is 1. The minimum absolute atomic E-state index is 0.0289. The lowest BCUT2D eigenvalue weighted by molar-refractivity contribution is -0.123. The van der Waals surface area contributed by atoms with Crippen LogP contribution >= 0.6 is 0 Å². The zero-order valence-electron chi connectivity index (χ0n) is 10.0. The van der Waals surface area contributed by atoms with Crippen molar-refractivity contribution in [3.8, 4) is 0 Å². The fraction of sp³-hybridized carbons (Fsp3) is 0.500. The number of allylic oxidation sites excluding steroid dienone is 2. The molecule has 1 saturated heterocycles. The van der Waals surface area contributed by atoms with Crippen LogP contribution in [0.25, 0.3) is 0 Å². The third-order valence-electron chi connectivity index (χ3n) is 2.67. The molecule has 88 valence electrons. The van der Waals surface area contributed by atoms with Gasteiger partial charge in [-0.15, -0.1) is 0 Å². The van der Waals surface area contributed by atoms with E-state index in [1.807, 2.05) is 0 Å². The van der Waals surface area contributed by atoms with Crippen molar-refractivity contribution in [2.24, 2.45) is 10.9 Å². The summed E-state index contributed by atoms with van der Waals surface area (Å²) in [4.78, 5) is 15.3. The van der Waals surface area contributed by atoms with Crippen molar-refractivity contribution in [3.05, 3.63) is 23.9 Å². The van der Waals surface area contributed by atoms with Crippen molar-refractivity contribution in [2.45, 2.75) is 20.3 Å². The molecule has 0 saturated carbocycles. The minimum Gasteiger partial charge on any atom is -0.466 e. The van der Waals surface area contributed by atoms with Crippen LogP contribution in [0.4, 0.5) is 0 Å². The largest absolute Gasteiger partial charge is 0.466 e. The number of hydrogen-bond donors (Lipinski definition) is 1. The number of morpholine rings is 1. The second-order valence-electron chi connectivity index (χ2n) is 3.71. The van der Waals surface area contributed by atoms with Crippen LogP contribution < -0.4 is 5.32 Å². The summed E-state index contributed by atoms with van der Waals surface area (Å²) in [5.74, 6) is 0.645. The van der Waals surface area contributed by atoms with Crippen LogP contribution in [0.5, 0.6) is 0 Å². The number of carbonyl (C=O) groups excluding carboxylic acids is 1. The molecule has 1 amide bonds. The molecule has 0 spiro atoms. The Bertz CT molecular complexity index is 356. The third-order valence-corrected chi connectivity index (χ3v) is 2.67. The first kappa shape index (κ1) is 12.5. The molecule has 0 radical (unpaired) electrons. The number of hydrogen-bond acceptors (Lipinski definition) is 3. The lowest BCUT2D eigenvalue weighted by Crippen LogP contribution is -2.39. The van der Waals surface area contributed by atoms with Gasteiger partial charge in [0.15, 0.2) is 6.61 Å². The van der Waals surface area contributed by atoms with Crippen LogP contribution in [0.15, 0.2) is 28.9 Å². The molecule has 1 aliphatic rings. The molecule has 0 aliphatic carbocycles. The molecule has 1 rings (SSSR count). The zero-order chi connectivity index (χ0) is 12.1. The molecule has 0 aromatic carbocycles.